The van der Waals surface area contributed by atoms with E-state index in [0.717, 1.165) is 39.0 Å². The average Bonchev–Trinajstić information content (AvgIpc) is 3.42. The Labute approximate surface area is 159 Å². The number of piperidine rings is 1. The van der Waals surface area contributed by atoms with Crippen LogP contribution in [0.1, 0.15) is 42.5 Å². The van der Waals surface area contributed by atoms with Gasteiger partial charge in [-0.1, -0.05) is 0 Å². The van der Waals surface area contributed by atoms with Crippen LogP contribution >= 0.6 is 0 Å². The van der Waals surface area contributed by atoms with E-state index < -0.39 is 0 Å². The number of ether oxygens (including phenoxy) is 1. The molecule has 3 saturated heterocycles. The van der Waals surface area contributed by atoms with Crippen molar-refractivity contribution in [2.75, 3.05) is 39.3 Å². The standard InChI is InChI=1S/C20H27N5O2/c26-19(17-12-22-25-10-4-6-21-18(17)25)24-9-3-5-20(15-24)11-16(14-27-20)13-23-7-1-2-8-23/h4,6,10,12,16H,1-3,5,7-9,11,13-15H2/t16-,20+/m0/s1. The molecular formula is C20H27N5O2. The molecule has 0 aromatic carbocycles. The van der Waals surface area contributed by atoms with Crippen molar-refractivity contribution in [2.24, 2.45) is 5.92 Å². The van der Waals surface area contributed by atoms with E-state index >= 15 is 0 Å². The smallest absolute Gasteiger partial charge is 0.259 e. The summed E-state index contributed by atoms with van der Waals surface area (Å²) in [6.45, 7) is 5.91. The lowest BCUT2D eigenvalue weighted by molar-refractivity contribution is -0.0450. The molecule has 27 heavy (non-hydrogen) atoms. The number of likely N-dealkylation sites (tertiary alicyclic amines) is 2. The number of fused-ring (bicyclic) bond motifs is 1. The minimum atomic E-state index is -0.158. The van der Waals surface area contributed by atoms with Crippen LogP contribution < -0.4 is 0 Å². The van der Waals surface area contributed by atoms with Gasteiger partial charge in [-0.2, -0.15) is 5.10 Å². The molecule has 0 saturated carbocycles. The first-order valence-corrected chi connectivity index (χ1v) is 10.2. The van der Waals surface area contributed by atoms with Gasteiger partial charge in [0.2, 0.25) is 0 Å². The van der Waals surface area contributed by atoms with Gasteiger partial charge in [0.1, 0.15) is 5.56 Å². The summed E-state index contributed by atoms with van der Waals surface area (Å²) in [5.74, 6) is 0.617. The Morgan fingerprint density at radius 2 is 2.15 bits per heavy atom. The van der Waals surface area contributed by atoms with Gasteiger partial charge in [0.15, 0.2) is 5.65 Å². The van der Waals surface area contributed by atoms with Crippen molar-refractivity contribution in [3.63, 3.8) is 0 Å². The molecule has 0 radical (unpaired) electrons. The summed E-state index contributed by atoms with van der Waals surface area (Å²) in [6.07, 6.45) is 10.9. The van der Waals surface area contributed by atoms with E-state index in [2.05, 4.69) is 15.0 Å². The minimum Gasteiger partial charge on any atom is -0.373 e. The lowest BCUT2D eigenvalue weighted by atomic mass is 9.86. The van der Waals surface area contributed by atoms with E-state index in [0.29, 0.717) is 23.7 Å². The molecule has 0 unspecified atom stereocenters. The second-order valence-electron chi connectivity index (χ2n) is 8.35. The first kappa shape index (κ1) is 17.1. The molecule has 0 aliphatic carbocycles. The van der Waals surface area contributed by atoms with Crippen LogP contribution in [-0.4, -0.2) is 75.2 Å². The molecular weight excluding hydrogens is 342 g/mol. The number of carbonyl (C=O) groups is 1. The van der Waals surface area contributed by atoms with E-state index in [1.165, 1.54) is 25.9 Å². The second kappa shape index (κ2) is 6.87. The third-order valence-electron chi connectivity index (χ3n) is 6.34. The summed E-state index contributed by atoms with van der Waals surface area (Å²) in [7, 11) is 0. The van der Waals surface area contributed by atoms with Crippen molar-refractivity contribution < 1.29 is 9.53 Å². The van der Waals surface area contributed by atoms with Gasteiger partial charge in [-0.25, -0.2) is 9.50 Å². The van der Waals surface area contributed by atoms with Gasteiger partial charge in [-0.3, -0.25) is 4.79 Å². The maximum atomic E-state index is 13.1. The summed E-state index contributed by atoms with van der Waals surface area (Å²) < 4.78 is 7.99. The number of carbonyl (C=O) groups excluding carboxylic acids is 1. The molecule has 0 N–H and O–H groups in total. The van der Waals surface area contributed by atoms with Crippen molar-refractivity contribution in [1.29, 1.82) is 0 Å². The fourth-order valence-electron chi connectivity index (χ4n) is 5.09. The highest BCUT2D eigenvalue weighted by molar-refractivity contribution is 5.99. The molecule has 3 aliphatic heterocycles. The largest absolute Gasteiger partial charge is 0.373 e. The Morgan fingerprint density at radius 3 is 3.04 bits per heavy atom. The molecule has 2 atom stereocenters. The molecule has 2 aromatic rings. The predicted octanol–water partition coefficient (Wildman–Crippen LogP) is 1.84. The monoisotopic (exact) mass is 369 g/mol. The van der Waals surface area contributed by atoms with E-state index in [9.17, 15) is 4.79 Å². The van der Waals surface area contributed by atoms with E-state index in [4.69, 9.17) is 4.74 Å². The van der Waals surface area contributed by atoms with Crippen LogP contribution in [-0.2, 0) is 4.74 Å². The Kier molecular flexibility index (Phi) is 4.36. The predicted molar refractivity (Wildman–Crippen MR) is 101 cm³/mol. The normalized spacial score (nSPS) is 29.2. The Balaban J connectivity index is 1.28. The van der Waals surface area contributed by atoms with Gasteiger partial charge in [0.05, 0.1) is 18.4 Å². The maximum absolute atomic E-state index is 13.1. The molecule has 5 rings (SSSR count). The van der Waals surface area contributed by atoms with Gasteiger partial charge in [0, 0.05) is 32.0 Å². The van der Waals surface area contributed by atoms with Crippen LogP contribution in [0.2, 0.25) is 0 Å². The molecule has 2 aromatic heterocycles. The van der Waals surface area contributed by atoms with Gasteiger partial charge >= 0.3 is 0 Å². The van der Waals surface area contributed by atoms with E-state index in [1.54, 1.807) is 16.9 Å². The summed E-state index contributed by atoms with van der Waals surface area (Å²) >= 11 is 0. The fraction of sp³-hybridized carbons (Fsp3) is 0.650. The van der Waals surface area contributed by atoms with Gasteiger partial charge in [0.25, 0.3) is 5.91 Å². The number of aromatic nitrogens is 3. The zero-order chi connectivity index (χ0) is 18.3. The molecule has 0 bridgehead atoms. The van der Waals surface area contributed by atoms with Crippen molar-refractivity contribution >= 4 is 11.6 Å². The number of nitrogens with zero attached hydrogens (tertiary/aromatic N) is 5. The highest BCUT2D eigenvalue weighted by Gasteiger charge is 2.45. The molecule has 1 amide bonds. The number of hydrogen-bond donors (Lipinski definition) is 0. The average molecular weight is 369 g/mol. The molecule has 5 heterocycles. The lowest BCUT2D eigenvalue weighted by Crippen LogP contribution is -2.50. The van der Waals surface area contributed by atoms with E-state index in [1.807, 2.05) is 17.2 Å². The number of rotatable bonds is 3. The highest BCUT2D eigenvalue weighted by atomic mass is 16.5. The quantitative estimate of drug-likeness (QED) is 0.826. The Hall–Kier alpha value is -1.99. The summed E-state index contributed by atoms with van der Waals surface area (Å²) in [4.78, 5) is 22.0. The van der Waals surface area contributed by atoms with Crippen LogP contribution in [0.4, 0.5) is 0 Å². The first-order valence-electron chi connectivity index (χ1n) is 10.2. The van der Waals surface area contributed by atoms with Crippen LogP contribution in [0.3, 0.4) is 0 Å². The molecule has 1 spiro atoms. The molecule has 7 nitrogen and oxygen atoms in total. The van der Waals surface area contributed by atoms with Crippen molar-refractivity contribution in [2.45, 2.75) is 37.7 Å². The zero-order valence-corrected chi connectivity index (χ0v) is 15.7. The van der Waals surface area contributed by atoms with Crippen LogP contribution in [0.5, 0.6) is 0 Å². The second-order valence-corrected chi connectivity index (χ2v) is 8.35. The number of amides is 1. The van der Waals surface area contributed by atoms with Crippen LogP contribution in [0.25, 0.3) is 5.65 Å². The van der Waals surface area contributed by atoms with Crippen molar-refractivity contribution in [1.82, 2.24) is 24.4 Å². The van der Waals surface area contributed by atoms with E-state index in [-0.39, 0.29) is 11.5 Å². The Bertz CT molecular complexity index is 831. The Morgan fingerprint density at radius 1 is 1.26 bits per heavy atom. The maximum Gasteiger partial charge on any atom is 0.259 e. The van der Waals surface area contributed by atoms with Crippen molar-refractivity contribution in [3.8, 4) is 0 Å². The van der Waals surface area contributed by atoms with Gasteiger partial charge in [-0.15, -0.1) is 0 Å². The van der Waals surface area contributed by atoms with Gasteiger partial charge < -0.3 is 14.5 Å². The van der Waals surface area contributed by atoms with Crippen molar-refractivity contribution in [3.05, 3.63) is 30.2 Å². The van der Waals surface area contributed by atoms with Gasteiger partial charge in [-0.05, 0) is 57.2 Å². The molecule has 3 aliphatic rings. The molecule has 7 heteroatoms. The number of hydrogen-bond acceptors (Lipinski definition) is 5. The zero-order valence-electron chi connectivity index (χ0n) is 15.7. The fourth-order valence-corrected chi connectivity index (χ4v) is 5.09. The summed E-state index contributed by atoms with van der Waals surface area (Å²) in [5, 5.41) is 4.26. The third-order valence-corrected chi connectivity index (χ3v) is 6.34. The van der Waals surface area contributed by atoms with Crippen LogP contribution in [0.15, 0.2) is 24.7 Å². The highest BCUT2D eigenvalue weighted by Crippen LogP contribution is 2.38. The molecule has 144 valence electrons. The topological polar surface area (TPSA) is 63.0 Å². The minimum absolute atomic E-state index is 0.0226. The summed E-state index contributed by atoms with van der Waals surface area (Å²) in [5.41, 5.74) is 1.05. The molecule has 3 fully saturated rings. The SMILES string of the molecule is O=C(c1cnn2cccnc12)N1CCC[C@@]2(C[C@@H](CN3CCCC3)CO2)C1. The lowest BCUT2D eigenvalue weighted by Gasteiger charge is -2.39. The van der Waals surface area contributed by atoms with Crippen LogP contribution in [0, 0.1) is 5.92 Å². The first-order chi connectivity index (χ1) is 13.2. The summed E-state index contributed by atoms with van der Waals surface area (Å²) in [6, 6.07) is 1.82. The third kappa shape index (κ3) is 3.23.